The molecule has 4 N–H and O–H groups in total. The standard InChI is InChI=1S/C29H34N6O3/c1-4-8-25-31-17(3)26-29(37)33-27(34-35(25)26)21-16-18(11-12-24(21)38-5-2)13-19-14-20(15-19)28(36)32-23-10-7-6-9-22(23)30/h6-7,9-12,16,19-20H,4-5,8,13-15,30H2,1-3H3,(H,32,36)(H,33,34,37)/t19-,20-. The van der Waals surface area contributed by atoms with Crippen molar-refractivity contribution in [2.75, 3.05) is 17.7 Å². The zero-order valence-electron chi connectivity index (χ0n) is 22.1. The normalized spacial score (nSPS) is 16.8. The van der Waals surface area contributed by atoms with Crippen molar-refractivity contribution < 1.29 is 9.53 Å². The number of nitrogen functional groups attached to an aromatic ring is 1. The first-order valence-electron chi connectivity index (χ1n) is 13.3. The van der Waals surface area contributed by atoms with Crippen molar-refractivity contribution in [3.05, 3.63) is 69.9 Å². The lowest BCUT2D eigenvalue weighted by molar-refractivity contribution is -0.123. The van der Waals surface area contributed by atoms with E-state index in [9.17, 15) is 9.59 Å². The van der Waals surface area contributed by atoms with Crippen molar-refractivity contribution in [1.82, 2.24) is 19.6 Å². The predicted octanol–water partition coefficient (Wildman–Crippen LogP) is 4.53. The Kier molecular flexibility index (Phi) is 7.18. The minimum atomic E-state index is -0.220. The third kappa shape index (κ3) is 5.01. The number of nitrogens with two attached hydrogens (primary N) is 1. The quantitative estimate of drug-likeness (QED) is 0.282. The highest BCUT2D eigenvalue weighted by atomic mass is 16.5. The summed E-state index contributed by atoms with van der Waals surface area (Å²) in [5, 5.41) is 7.73. The Balaban J connectivity index is 1.35. The number of carbonyl (C=O) groups is 1. The van der Waals surface area contributed by atoms with Gasteiger partial charge in [-0.3, -0.25) is 9.59 Å². The lowest BCUT2D eigenvalue weighted by Gasteiger charge is -2.34. The molecule has 1 fully saturated rings. The van der Waals surface area contributed by atoms with E-state index in [1.165, 1.54) is 0 Å². The van der Waals surface area contributed by atoms with Crippen molar-refractivity contribution >= 4 is 22.8 Å². The number of anilines is 2. The van der Waals surface area contributed by atoms with E-state index in [-0.39, 0.29) is 17.4 Å². The van der Waals surface area contributed by atoms with Crippen molar-refractivity contribution in [2.45, 2.75) is 52.9 Å². The maximum atomic E-state index is 13.0. The van der Waals surface area contributed by atoms with Crippen LogP contribution in [0.4, 0.5) is 11.4 Å². The first kappa shape index (κ1) is 25.5. The Morgan fingerprint density at radius 3 is 2.74 bits per heavy atom. The predicted molar refractivity (Wildman–Crippen MR) is 148 cm³/mol. The second kappa shape index (κ2) is 10.7. The Bertz CT molecular complexity index is 1530. The van der Waals surface area contributed by atoms with Gasteiger partial charge in [-0.2, -0.15) is 0 Å². The first-order valence-corrected chi connectivity index (χ1v) is 13.3. The molecule has 4 aromatic rings. The van der Waals surface area contributed by atoms with E-state index in [0.717, 1.165) is 49.1 Å². The van der Waals surface area contributed by atoms with Gasteiger partial charge in [0.15, 0.2) is 11.3 Å². The van der Waals surface area contributed by atoms with E-state index in [0.29, 0.717) is 46.7 Å². The lowest BCUT2D eigenvalue weighted by atomic mass is 9.71. The third-order valence-electron chi connectivity index (χ3n) is 7.16. The maximum absolute atomic E-state index is 13.0. The van der Waals surface area contributed by atoms with E-state index >= 15 is 0 Å². The zero-order chi connectivity index (χ0) is 26.8. The van der Waals surface area contributed by atoms with Gasteiger partial charge in [-0.15, -0.1) is 5.10 Å². The molecule has 198 valence electrons. The number of aromatic nitrogens is 4. The molecule has 0 aliphatic heterocycles. The molecular formula is C29H34N6O3. The van der Waals surface area contributed by atoms with Gasteiger partial charge in [-0.05, 0) is 75.3 Å². The Morgan fingerprint density at radius 2 is 2.00 bits per heavy atom. The number of fused-ring (bicyclic) bond motifs is 1. The Labute approximate surface area is 221 Å². The molecule has 0 atom stereocenters. The van der Waals surface area contributed by atoms with Gasteiger partial charge in [0, 0.05) is 12.3 Å². The van der Waals surface area contributed by atoms with Gasteiger partial charge in [0.05, 0.1) is 29.2 Å². The van der Waals surface area contributed by atoms with Crippen molar-refractivity contribution in [3.63, 3.8) is 0 Å². The molecule has 1 amide bonds. The number of nitrogens with zero attached hydrogens (tertiary/aromatic N) is 3. The Hall–Kier alpha value is -4.14. The molecule has 0 saturated heterocycles. The fraction of sp³-hybridized carbons (Fsp3) is 0.379. The topological polar surface area (TPSA) is 127 Å². The summed E-state index contributed by atoms with van der Waals surface area (Å²) >= 11 is 0. The van der Waals surface area contributed by atoms with Gasteiger partial charge in [-0.1, -0.05) is 25.1 Å². The van der Waals surface area contributed by atoms with Crippen molar-refractivity contribution in [1.29, 1.82) is 0 Å². The molecule has 1 aliphatic carbocycles. The lowest BCUT2D eigenvalue weighted by Crippen LogP contribution is -2.35. The fourth-order valence-corrected chi connectivity index (χ4v) is 5.21. The van der Waals surface area contributed by atoms with Crippen LogP contribution in [0.3, 0.4) is 0 Å². The molecule has 1 aliphatic rings. The summed E-state index contributed by atoms with van der Waals surface area (Å²) < 4.78 is 7.56. The van der Waals surface area contributed by atoms with Crippen LogP contribution < -0.4 is 21.3 Å². The van der Waals surface area contributed by atoms with Crippen molar-refractivity contribution in [3.8, 4) is 17.1 Å². The average Bonchev–Trinajstić information content (AvgIpc) is 3.19. The van der Waals surface area contributed by atoms with E-state index < -0.39 is 0 Å². The number of nitrogens with one attached hydrogen (secondary N) is 2. The first-order chi connectivity index (χ1) is 18.4. The van der Waals surface area contributed by atoms with Gasteiger partial charge in [0.2, 0.25) is 5.91 Å². The zero-order valence-corrected chi connectivity index (χ0v) is 22.1. The summed E-state index contributed by atoms with van der Waals surface area (Å²) in [6.07, 6.45) is 4.10. The monoisotopic (exact) mass is 514 g/mol. The number of rotatable bonds is 9. The molecular weight excluding hydrogens is 480 g/mol. The number of ether oxygens (including phenoxy) is 1. The number of amides is 1. The molecule has 2 aromatic heterocycles. The number of H-pyrrole nitrogens is 1. The number of imidazole rings is 1. The second-order valence-corrected chi connectivity index (χ2v) is 10.0. The SMILES string of the molecule is CCCc1nc(C)c2c(=O)[nH]c(-c3cc(C[C@H]4C[C@H](C(=O)Nc5ccccc5N)C4)ccc3OCC)nn12. The molecule has 0 bridgehead atoms. The van der Waals surface area contributed by atoms with Crippen LogP contribution in [-0.2, 0) is 17.6 Å². The molecule has 0 unspecified atom stereocenters. The summed E-state index contributed by atoms with van der Waals surface area (Å²) in [5.41, 5.74) is 9.96. The number of aromatic amines is 1. The number of benzene rings is 2. The van der Waals surface area contributed by atoms with Crippen molar-refractivity contribution in [2.24, 2.45) is 11.8 Å². The van der Waals surface area contributed by atoms with Crippen LogP contribution >= 0.6 is 0 Å². The van der Waals surface area contributed by atoms with E-state index in [2.05, 4.69) is 22.2 Å². The van der Waals surface area contributed by atoms with E-state index in [1.807, 2.05) is 50.2 Å². The molecule has 0 radical (unpaired) electrons. The second-order valence-electron chi connectivity index (χ2n) is 10.0. The summed E-state index contributed by atoms with van der Waals surface area (Å²) in [6, 6.07) is 13.3. The van der Waals surface area contributed by atoms with Crippen LogP contribution in [0.2, 0.25) is 0 Å². The average molecular weight is 515 g/mol. The van der Waals surface area contributed by atoms with Gasteiger partial charge in [0.25, 0.3) is 5.56 Å². The highest BCUT2D eigenvalue weighted by molar-refractivity contribution is 5.95. The molecule has 9 heteroatoms. The molecule has 2 heterocycles. The minimum absolute atomic E-state index is 0.0140. The molecule has 2 aromatic carbocycles. The molecule has 9 nitrogen and oxygen atoms in total. The number of hydrogen-bond acceptors (Lipinski definition) is 6. The molecule has 5 rings (SSSR count). The maximum Gasteiger partial charge on any atom is 0.277 e. The van der Waals surface area contributed by atoms with Gasteiger partial charge < -0.3 is 20.8 Å². The number of hydrogen-bond donors (Lipinski definition) is 3. The minimum Gasteiger partial charge on any atom is -0.493 e. The summed E-state index contributed by atoms with van der Waals surface area (Å²) in [7, 11) is 0. The highest BCUT2D eigenvalue weighted by Gasteiger charge is 2.34. The van der Waals surface area contributed by atoms with Crippen LogP contribution in [-0.4, -0.2) is 32.1 Å². The van der Waals surface area contributed by atoms with E-state index in [4.69, 9.17) is 15.6 Å². The molecule has 38 heavy (non-hydrogen) atoms. The Morgan fingerprint density at radius 1 is 1.21 bits per heavy atom. The fourth-order valence-electron chi connectivity index (χ4n) is 5.21. The summed E-state index contributed by atoms with van der Waals surface area (Å²) in [6.45, 7) is 6.33. The van der Waals surface area contributed by atoms with Crippen LogP contribution in [0.25, 0.3) is 16.9 Å². The van der Waals surface area contributed by atoms with Crippen LogP contribution in [0, 0.1) is 18.8 Å². The van der Waals surface area contributed by atoms with E-state index in [1.54, 1.807) is 10.6 Å². The number of carbonyl (C=O) groups excluding carboxylic acids is 1. The van der Waals surface area contributed by atoms with Gasteiger partial charge in [0.1, 0.15) is 11.6 Å². The number of aryl methyl sites for hydroxylation is 2. The highest BCUT2D eigenvalue weighted by Crippen LogP contribution is 2.38. The third-order valence-corrected chi connectivity index (χ3v) is 7.16. The van der Waals surface area contributed by atoms with Crippen LogP contribution in [0.1, 0.15) is 50.2 Å². The van der Waals surface area contributed by atoms with Crippen LogP contribution in [0.5, 0.6) is 5.75 Å². The number of para-hydroxylation sites is 2. The molecule has 1 saturated carbocycles. The van der Waals surface area contributed by atoms with Crippen LogP contribution in [0.15, 0.2) is 47.3 Å². The van der Waals surface area contributed by atoms with Gasteiger partial charge in [-0.25, -0.2) is 9.50 Å². The smallest absolute Gasteiger partial charge is 0.277 e. The molecule has 0 spiro atoms. The summed E-state index contributed by atoms with van der Waals surface area (Å²) in [5.74, 6) is 2.28. The van der Waals surface area contributed by atoms with Gasteiger partial charge >= 0.3 is 0 Å². The summed E-state index contributed by atoms with van der Waals surface area (Å²) in [4.78, 5) is 33.2. The largest absolute Gasteiger partial charge is 0.493 e.